The first-order chi connectivity index (χ1) is 11.1. The maximum absolute atomic E-state index is 12.4. The Morgan fingerprint density at radius 2 is 2.13 bits per heavy atom. The van der Waals surface area contributed by atoms with Gasteiger partial charge in [-0.25, -0.2) is 4.98 Å². The molecule has 1 fully saturated rings. The fourth-order valence-electron chi connectivity index (χ4n) is 2.43. The zero-order chi connectivity index (χ0) is 16.2. The average molecular weight is 352 g/mol. The van der Waals surface area contributed by atoms with E-state index in [0.29, 0.717) is 11.8 Å². The highest BCUT2D eigenvalue weighted by Crippen LogP contribution is 2.21. The highest BCUT2D eigenvalue weighted by molar-refractivity contribution is 7.99. The van der Waals surface area contributed by atoms with Crippen LogP contribution in [0.1, 0.15) is 19.9 Å². The van der Waals surface area contributed by atoms with Crippen LogP contribution in [0.3, 0.4) is 0 Å². The van der Waals surface area contributed by atoms with Crippen molar-refractivity contribution < 1.29 is 4.79 Å². The molecule has 3 rings (SSSR count). The van der Waals surface area contributed by atoms with Crippen molar-refractivity contribution in [1.82, 2.24) is 24.6 Å². The maximum Gasteiger partial charge on any atom is 0.233 e. The van der Waals surface area contributed by atoms with Crippen LogP contribution in [0.2, 0.25) is 0 Å². The standard InChI is InChI=1S/C14H20N6OS2/c1-11(2)20-10-16-17-14(20)23-9-12(21)18-4-6-19(7-5-18)13-15-3-8-22-13/h3,8,10-11H,4-7,9H2,1-2H3. The third-order valence-corrected chi connectivity index (χ3v) is 5.52. The lowest BCUT2D eigenvalue weighted by molar-refractivity contribution is -0.128. The maximum atomic E-state index is 12.4. The Balaban J connectivity index is 1.49. The third-order valence-electron chi connectivity index (χ3n) is 3.74. The minimum Gasteiger partial charge on any atom is -0.345 e. The minimum absolute atomic E-state index is 0.159. The van der Waals surface area contributed by atoms with E-state index >= 15 is 0 Å². The van der Waals surface area contributed by atoms with Crippen LogP contribution in [0.15, 0.2) is 23.1 Å². The number of rotatable bonds is 5. The molecule has 0 radical (unpaired) electrons. The van der Waals surface area contributed by atoms with Crippen LogP contribution in [-0.2, 0) is 4.79 Å². The van der Waals surface area contributed by atoms with E-state index in [1.807, 2.05) is 21.0 Å². The topological polar surface area (TPSA) is 67.2 Å². The van der Waals surface area contributed by atoms with Crippen molar-refractivity contribution in [2.24, 2.45) is 0 Å². The molecule has 2 aromatic rings. The highest BCUT2D eigenvalue weighted by atomic mass is 32.2. The van der Waals surface area contributed by atoms with E-state index < -0.39 is 0 Å². The van der Waals surface area contributed by atoms with Crippen molar-refractivity contribution >= 4 is 34.1 Å². The van der Waals surface area contributed by atoms with E-state index in [9.17, 15) is 4.79 Å². The Kier molecular flexibility index (Phi) is 5.16. The molecule has 9 heteroatoms. The number of hydrogen-bond acceptors (Lipinski definition) is 7. The predicted octanol–water partition coefficient (Wildman–Crippen LogP) is 1.76. The molecule has 0 aliphatic carbocycles. The summed E-state index contributed by atoms with van der Waals surface area (Å²) in [5.41, 5.74) is 0. The lowest BCUT2D eigenvalue weighted by Gasteiger charge is -2.34. The minimum atomic E-state index is 0.159. The van der Waals surface area contributed by atoms with Gasteiger partial charge in [0, 0.05) is 43.8 Å². The molecule has 0 saturated carbocycles. The number of carbonyl (C=O) groups excluding carboxylic acids is 1. The molecule has 0 bridgehead atoms. The number of anilines is 1. The van der Waals surface area contributed by atoms with Crippen molar-refractivity contribution in [2.75, 3.05) is 36.8 Å². The molecule has 0 unspecified atom stereocenters. The first-order valence-corrected chi connectivity index (χ1v) is 9.46. The van der Waals surface area contributed by atoms with Gasteiger partial charge in [0.05, 0.1) is 5.75 Å². The SMILES string of the molecule is CC(C)n1cnnc1SCC(=O)N1CCN(c2nccs2)CC1. The van der Waals surface area contributed by atoms with E-state index in [2.05, 4.69) is 33.9 Å². The molecule has 1 amide bonds. The first kappa shape index (κ1) is 16.3. The van der Waals surface area contributed by atoms with Gasteiger partial charge in [-0.1, -0.05) is 11.8 Å². The fourth-order valence-corrected chi connectivity index (χ4v) is 4.07. The Morgan fingerprint density at radius 3 is 2.78 bits per heavy atom. The van der Waals surface area contributed by atoms with Gasteiger partial charge < -0.3 is 14.4 Å². The number of piperazine rings is 1. The summed E-state index contributed by atoms with van der Waals surface area (Å²) in [6, 6.07) is 0.296. The lowest BCUT2D eigenvalue weighted by atomic mass is 10.3. The molecule has 0 N–H and O–H groups in total. The van der Waals surface area contributed by atoms with Crippen LogP contribution < -0.4 is 4.90 Å². The van der Waals surface area contributed by atoms with E-state index in [0.717, 1.165) is 36.5 Å². The van der Waals surface area contributed by atoms with Gasteiger partial charge in [-0.3, -0.25) is 4.79 Å². The van der Waals surface area contributed by atoms with Gasteiger partial charge in [-0.15, -0.1) is 21.5 Å². The van der Waals surface area contributed by atoms with E-state index in [4.69, 9.17) is 0 Å². The number of nitrogens with zero attached hydrogens (tertiary/aromatic N) is 6. The zero-order valence-electron chi connectivity index (χ0n) is 13.3. The summed E-state index contributed by atoms with van der Waals surface area (Å²) in [6.07, 6.45) is 3.53. The molecule has 7 nitrogen and oxygen atoms in total. The summed E-state index contributed by atoms with van der Waals surface area (Å²) in [7, 11) is 0. The highest BCUT2D eigenvalue weighted by Gasteiger charge is 2.23. The molecule has 1 saturated heterocycles. The third kappa shape index (κ3) is 3.84. The van der Waals surface area contributed by atoms with Gasteiger partial charge >= 0.3 is 0 Å². The van der Waals surface area contributed by atoms with Crippen LogP contribution in [0.25, 0.3) is 0 Å². The van der Waals surface area contributed by atoms with Crippen LogP contribution in [0, 0.1) is 0 Å². The average Bonchev–Trinajstić information content (AvgIpc) is 3.24. The smallest absolute Gasteiger partial charge is 0.233 e. The monoisotopic (exact) mass is 352 g/mol. The molecule has 1 aliphatic heterocycles. The second-order valence-electron chi connectivity index (χ2n) is 5.59. The number of amides is 1. The number of thioether (sulfide) groups is 1. The number of aromatic nitrogens is 4. The number of hydrogen-bond donors (Lipinski definition) is 0. The summed E-state index contributed by atoms with van der Waals surface area (Å²) in [5, 5.41) is 11.8. The molecule has 0 atom stereocenters. The van der Waals surface area contributed by atoms with Crippen LogP contribution >= 0.6 is 23.1 Å². The molecule has 2 aromatic heterocycles. The Hall–Kier alpha value is -1.61. The van der Waals surface area contributed by atoms with E-state index in [-0.39, 0.29) is 5.91 Å². The van der Waals surface area contributed by atoms with Crippen LogP contribution in [-0.4, -0.2) is 62.5 Å². The second kappa shape index (κ2) is 7.31. The fraction of sp³-hybridized carbons (Fsp3) is 0.571. The van der Waals surface area contributed by atoms with Crippen molar-refractivity contribution in [3.05, 3.63) is 17.9 Å². The van der Waals surface area contributed by atoms with Gasteiger partial charge in [0.1, 0.15) is 6.33 Å². The van der Waals surface area contributed by atoms with E-state index in [1.165, 1.54) is 11.8 Å². The first-order valence-electron chi connectivity index (χ1n) is 7.59. The second-order valence-corrected chi connectivity index (χ2v) is 7.40. The lowest BCUT2D eigenvalue weighted by Crippen LogP contribution is -2.49. The summed E-state index contributed by atoms with van der Waals surface area (Å²) in [5.74, 6) is 0.565. The van der Waals surface area contributed by atoms with Crippen molar-refractivity contribution in [2.45, 2.75) is 25.0 Å². The summed E-state index contributed by atoms with van der Waals surface area (Å²) in [6.45, 7) is 7.32. The van der Waals surface area contributed by atoms with Crippen LogP contribution in [0.4, 0.5) is 5.13 Å². The number of thiazole rings is 1. The van der Waals surface area contributed by atoms with Gasteiger partial charge in [-0.05, 0) is 13.8 Å². The predicted molar refractivity (Wildman–Crippen MR) is 92.0 cm³/mol. The van der Waals surface area contributed by atoms with Crippen molar-refractivity contribution in [1.29, 1.82) is 0 Å². The largest absolute Gasteiger partial charge is 0.345 e. The molecule has 3 heterocycles. The Morgan fingerprint density at radius 1 is 1.35 bits per heavy atom. The molecule has 124 valence electrons. The quantitative estimate of drug-likeness (QED) is 0.764. The summed E-state index contributed by atoms with van der Waals surface area (Å²) in [4.78, 5) is 20.9. The molecule has 23 heavy (non-hydrogen) atoms. The van der Waals surface area contributed by atoms with Gasteiger partial charge in [0.25, 0.3) is 0 Å². The van der Waals surface area contributed by atoms with Crippen LogP contribution in [0.5, 0.6) is 0 Å². The van der Waals surface area contributed by atoms with Gasteiger partial charge in [0.15, 0.2) is 10.3 Å². The normalized spacial score (nSPS) is 15.4. The zero-order valence-corrected chi connectivity index (χ0v) is 14.9. The Bertz CT molecular complexity index is 633. The number of carbonyl (C=O) groups is 1. The molecule has 1 aliphatic rings. The summed E-state index contributed by atoms with van der Waals surface area (Å²) < 4.78 is 1.98. The summed E-state index contributed by atoms with van der Waals surface area (Å²) >= 11 is 3.10. The van der Waals surface area contributed by atoms with Gasteiger partial charge in [0.2, 0.25) is 5.91 Å². The molecule has 0 aromatic carbocycles. The van der Waals surface area contributed by atoms with E-state index in [1.54, 1.807) is 17.7 Å². The molecule has 0 spiro atoms. The van der Waals surface area contributed by atoms with Crippen molar-refractivity contribution in [3.8, 4) is 0 Å². The Labute approximate surface area is 143 Å². The van der Waals surface area contributed by atoms with Gasteiger partial charge in [-0.2, -0.15) is 0 Å². The molecular formula is C14H20N6OS2. The molecular weight excluding hydrogens is 332 g/mol. The van der Waals surface area contributed by atoms with Crippen molar-refractivity contribution in [3.63, 3.8) is 0 Å².